The molecule has 0 aliphatic carbocycles. The van der Waals surface area contributed by atoms with E-state index in [9.17, 15) is 31.9 Å². The van der Waals surface area contributed by atoms with Crippen molar-refractivity contribution in [1.29, 1.82) is 0 Å². The van der Waals surface area contributed by atoms with E-state index in [-0.39, 0.29) is 16.8 Å². The second-order valence-electron chi connectivity index (χ2n) is 7.53. The van der Waals surface area contributed by atoms with Gasteiger partial charge in [-0.15, -0.1) is 0 Å². The van der Waals surface area contributed by atoms with Gasteiger partial charge in [-0.2, -0.15) is 13.2 Å². The number of anilines is 1. The number of amides is 2. The van der Waals surface area contributed by atoms with Gasteiger partial charge in [-0.05, 0) is 62.9 Å². The van der Waals surface area contributed by atoms with Crippen LogP contribution in [0.15, 0.2) is 18.2 Å². The maximum Gasteiger partial charge on any atom is 0.408 e. The van der Waals surface area contributed by atoms with Crippen LogP contribution in [0.1, 0.15) is 51.0 Å². The molecule has 1 aromatic carbocycles. The number of hydrogen-bond acceptors (Lipinski definition) is 3. The molecule has 0 spiro atoms. The molecule has 0 radical (unpaired) electrons. The quantitative estimate of drug-likeness (QED) is 0.424. The number of benzene rings is 1. The maximum absolute atomic E-state index is 13.5. The predicted molar refractivity (Wildman–Crippen MR) is 105 cm³/mol. The summed E-state index contributed by atoms with van der Waals surface area (Å²) in [4.78, 5) is 37.8. The Morgan fingerprint density at radius 2 is 1.84 bits per heavy atom. The number of fused-ring (bicyclic) bond motifs is 1. The minimum Gasteiger partial charge on any atom is -0.341 e. The number of nitrogens with zero attached hydrogens (tertiary/aromatic N) is 1. The normalized spacial score (nSPS) is 14.2. The molecular formula is C21H21F4N3O3. The summed E-state index contributed by atoms with van der Waals surface area (Å²) in [7, 11) is 0. The minimum atomic E-state index is -4.69. The number of aromatic nitrogens is 1. The number of nitrogens with one attached hydrogen (secondary N) is 2. The largest absolute Gasteiger partial charge is 0.408 e. The van der Waals surface area contributed by atoms with Gasteiger partial charge >= 0.3 is 6.18 Å². The highest BCUT2D eigenvalue weighted by atomic mass is 19.4. The van der Waals surface area contributed by atoms with Crippen LogP contribution in [0.3, 0.4) is 0 Å². The smallest absolute Gasteiger partial charge is 0.341 e. The van der Waals surface area contributed by atoms with Crippen LogP contribution in [0, 0.1) is 19.7 Å². The van der Waals surface area contributed by atoms with Crippen LogP contribution in [-0.4, -0.2) is 34.4 Å². The first kappa shape index (κ1) is 22.5. The summed E-state index contributed by atoms with van der Waals surface area (Å²) in [5.41, 5.74) is 1.54. The highest BCUT2D eigenvalue weighted by molar-refractivity contribution is 6.43. The van der Waals surface area contributed by atoms with E-state index in [1.807, 2.05) is 0 Å². The Kier molecular flexibility index (Phi) is 5.93. The molecule has 1 unspecified atom stereocenters. The molecule has 2 heterocycles. The number of carbonyl (C=O) groups is 3. The number of alkyl halides is 3. The van der Waals surface area contributed by atoms with Crippen molar-refractivity contribution in [3.63, 3.8) is 0 Å². The minimum absolute atomic E-state index is 0.0974. The second kappa shape index (κ2) is 8.16. The molecule has 10 heteroatoms. The molecule has 0 saturated carbocycles. The zero-order valence-corrected chi connectivity index (χ0v) is 17.1. The highest BCUT2D eigenvalue weighted by Gasteiger charge is 2.39. The molecular weight excluding hydrogens is 418 g/mol. The number of aryl methyl sites for hydroxylation is 1. The van der Waals surface area contributed by atoms with Gasteiger partial charge in [-0.25, -0.2) is 4.39 Å². The van der Waals surface area contributed by atoms with E-state index in [0.29, 0.717) is 36.3 Å². The third-order valence-corrected chi connectivity index (χ3v) is 5.31. The summed E-state index contributed by atoms with van der Waals surface area (Å²) >= 11 is 0. The van der Waals surface area contributed by atoms with Crippen molar-refractivity contribution in [3.8, 4) is 0 Å². The van der Waals surface area contributed by atoms with Crippen LogP contribution < -0.4 is 10.6 Å². The average molecular weight is 439 g/mol. The van der Waals surface area contributed by atoms with Gasteiger partial charge in [0.15, 0.2) is 0 Å². The summed E-state index contributed by atoms with van der Waals surface area (Å²) in [5, 5.41) is 4.31. The molecule has 2 N–H and O–H groups in total. The first-order valence-electron chi connectivity index (χ1n) is 9.63. The monoisotopic (exact) mass is 439 g/mol. The van der Waals surface area contributed by atoms with Crippen molar-refractivity contribution >= 4 is 23.3 Å². The Bertz CT molecular complexity index is 1070. The summed E-state index contributed by atoms with van der Waals surface area (Å²) in [6.45, 7) is 4.12. The number of carbonyl (C=O) groups excluding carboxylic acids is 3. The van der Waals surface area contributed by atoms with Crippen molar-refractivity contribution < 1.29 is 31.9 Å². The molecule has 6 nitrogen and oxygen atoms in total. The Morgan fingerprint density at radius 3 is 2.45 bits per heavy atom. The standard InChI is InChI=1S/C21H21F4N3O3/c1-10-9-13(6-7-14(10)22)27-19(30)16-11(2)17(28-8-4-5-15(16)28)18(29)20(31)26-12(3)21(23,24)25/h6-7,9,12H,4-5,8H2,1-3H3,(H,26,31)(H,27,30). The molecule has 1 atom stereocenters. The number of Topliss-reactive ketones (excluding diaryl/α,β-unsaturated/α-hetero) is 1. The van der Waals surface area contributed by atoms with Gasteiger partial charge in [0.2, 0.25) is 0 Å². The first-order valence-corrected chi connectivity index (χ1v) is 9.63. The van der Waals surface area contributed by atoms with Crippen molar-refractivity contribution in [1.82, 2.24) is 9.88 Å². The number of rotatable bonds is 5. The number of ketones is 1. The molecule has 1 aliphatic rings. The van der Waals surface area contributed by atoms with Gasteiger partial charge in [-0.1, -0.05) is 0 Å². The Labute approximate surface area is 175 Å². The lowest BCUT2D eigenvalue weighted by Crippen LogP contribution is -2.46. The van der Waals surface area contributed by atoms with Gasteiger partial charge in [-0.3, -0.25) is 14.4 Å². The Morgan fingerprint density at radius 1 is 1.16 bits per heavy atom. The Balaban J connectivity index is 1.91. The van der Waals surface area contributed by atoms with Crippen LogP contribution in [0.25, 0.3) is 0 Å². The van der Waals surface area contributed by atoms with Crippen molar-refractivity contribution in [2.75, 3.05) is 5.32 Å². The third kappa shape index (κ3) is 4.33. The van der Waals surface area contributed by atoms with Gasteiger partial charge in [0.1, 0.15) is 11.9 Å². The SMILES string of the molecule is Cc1cc(NC(=O)c2c(C)c(C(=O)C(=O)NC(C)C(F)(F)F)n3c2CCC3)ccc1F. The lowest BCUT2D eigenvalue weighted by Gasteiger charge is -2.17. The lowest BCUT2D eigenvalue weighted by molar-refractivity contribution is -0.156. The fourth-order valence-corrected chi connectivity index (χ4v) is 3.68. The topological polar surface area (TPSA) is 80.2 Å². The zero-order chi connectivity index (χ0) is 23.1. The molecule has 2 amide bonds. The summed E-state index contributed by atoms with van der Waals surface area (Å²) < 4.78 is 53.2. The zero-order valence-electron chi connectivity index (χ0n) is 17.1. The molecule has 1 aromatic heterocycles. The molecule has 0 bridgehead atoms. The van der Waals surface area contributed by atoms with Crippen molar-refractivity contribution in [2.24, 2.45) is 0 Å². The van der Waals surface area contributed by atoms with E-state index in [1.54, 1.807) is 12.2 Å². The van der Waals surface area contributed by atoms with Gasteiger partial charge in [0, 0.05) is 17.9 Å². The van der Waals surface area contributed by atoms with Crippen LogP contribution in [0.4, 0.5) is 23.2 Å². The molecule has 3 rings (SSSR count). The van der Waals surface area contributed by atoms with E-state index < -0.39 is 35.6 Å². The fraction of sp³-hybridized carbons (Fsp3) is 0.381. The predicted octanol–water partition coefficient (Wildman–Crippen LogP) is 3.69. The maximum atomic E-state index is 13.5. The van der Waals surface area contributed by atoms with Gasteiger partial charge < -0.3 is 15.2 Å². The Hall–Kier alpha value is -3.17. The molecule has 2 aromatic rings. The van der Waals surface area contributed by atoms with E-state index in [2.05, 4.69) is 5.32 Å². The first-order chi connectivity index (χ1) is 14.4. The lowest BCUT2D eigenvalue weighted by atomic mass is 10.0. The van der Waals surface area contributed by atoms with E-state index in [1.165, 1.54) is 29.7 Å². The van der Waals surface area contributed by atoms with Gasteiger partial charge in [0.05, 0.1) is 11.3 Å². The summed E-state index contributed by atoms with van der Waals surface area (Å²) in [6, 6.07) is 1.87. The summed E-state index contributed by atoms with van der Waals surface area (Å²) in [5.74, 6) is -3.49. The van der Waals surface area contributed by atoms with Crippen molar-refractivity contribution in [3.05, 3.63) is 52.1 Å². The molecule has 0 fully saturated rings. The van der Waals surface area contributed by atoms with Crippen LogP contribution in [0.5, 0.6) is 0 Å². The molecule has 0 saturated heterocycles. The molecule has 166 valence electrons. The van der Waals surface area contributed by atoms with Crippen LogP contribution >= 0.6 is 0 Å². The second-order valence-corrected chi connectivity index (χ2v) is 7.53. The number of hydrogen-bond donors (Lipinski definition) is 2. The third-order valence-electron chi connectivity index (χ3n) is 5.31. The van der Waals surface area contributed by atoms with Crippen LogP contribution in [0.2, 0.25) is 0 Å². The van der Waals surface area contributed by atoms with Crippen LogP contribution in [-0.2, 0) is 17.8 Å². The molecule has 1 aliphatic heterocycles. The van der Waals surface area contributed by atoms with Crippen molar-refractivity contribution in [2.45, 2.75) is 52.4 Å². The van der Waals surface area contributed by atoms with E-state index in [0.717, 1.165) is 6.92 Å². The van der Waals surface area contributed by atoms with Gasteiger partial charge in [0.25, 0.3) is 17.6 Å². The summed E-state index contributed by atoms with van der Waals surface area (Å²) in [6.07, 6.45) is -3.60. The number of halogens is 4. The molecule has 31 heavy (non-hydrogen) atoms. The fourth-order valence-electron chi connectivity index (χ4n) is 3.68. The highest BCUT2D eigenvalue weighted by Crippen LogP contribution is 2.30. The van der Waals surface area contributed by atoms with E-state index in [4.69, 9.17) is 0 Å². The van der Waals surface area contributed by atoms with E-state index >= 15 is 0 Å². The average Bonchev–Trinajstić information content (AvgIpc) is 3.22.